The van der Waals surface area contributed by atoms with Gasteiger partial charge in [0, 0.05) is 24.2 Å². The number of nitrogens with zero attached hydrogens (tertiary/aromatic N) is 2. The molecule has 2 aromatic rings. The molecule has 0 aliphatic rings. The lowest BCUT2D eigenvalue weighted by Gasteiger charge is -2.03. The largest absolute Gasteiger partial charge is 0.478 e. The monoisotopic (exact) mass is 235 g/mol. The van der Waals surface area contributed by atoms with Gasteiger partial charge in [0.25, 0.3) is 0 Å². The molecule has 88 valence electrons. The quantitative estimate of drug-likeness (QED) is 0.738. The van der Waals surface area contributed by atoms with Gasteiger partial charge in [0.2, 0.25) is 0 Å². The van der Waals surface area contributed by atoms with Gasteiger partial charge in [-0.25, -0.2) is 14.6 Å². The second-order valence-electron chi connectivity index (χ2n) is 3.02. The van der Waals surface area contributed by atoms with Gasteiger partial charge in [-0.2, -0.15) is 0 Å². The lowest BCUT2D eigenvalue weighted by Crippen LogP contribution is -2.15. The maximum atomic E-state index is 11.1. The van der Waals surface area contributed by atoms with Gasteiger partial charge < -0.3 is 15.6 Å². The summed E-state index contributed by atoms with van der Waals surface area (Å²) in [6.45, 7) is 0. The predicted molar refractivity (Wildman–Crippen MR) is 58.7 cm³/mol. The SMILES string of the molecule is O.O=C(O)c1cnc(=O)[nH]c1-c1cccnc1. The number of aromatic nitrogens is 3. The highest BCUT2D eigenvalue weighted by atomic mass is 16.4. The molecule has 0 saturated carbocycles. The van der Waals surface area contributed by atoms with E-state index in [1.54, 1.807) is 18.3 Å². The molecular formula is C10H9N3O4. The van der Waals surface area contributed by atoms with Crippen LogP contribution in [0.15, 0.2) is 35.5 Å². The van der Waals surface area contributed by atoms with Gasteiger partial charge in [0.1, 0.15) is 5.56 Å². The van der Waals surface area contributed by atoms with Crippen LogP contribution in [0.3, 0.4) is 0 Å². The van der Waals surface area contributed by atoms with E-state index in [1.807, 2.05) is 0 Å². The average molecular weight is 235 g/mol. The predicted octanol–water partition coefficient (Wildman–Crippen LogP) is -0.295. The van der Waals surface area contributed by atoms with Crippen molar-refractivity contribution in [2.24, 2.45) is 0 Å². The first-order valence-electron chi connectivity index (χ1n) is 4.41. The van der Waals surface area contributed by atoms with E-state index in [1.165, 1.54) is 6.20 Å². The molecule has 0 unspecified atom stereocenters. The van der Waals surface area contributed by atoms with Crippen LogP contribution in [-0.2, 0) is 0 Å². The van der Waals surface area contributed by atoms with Gasteiger partial charge in [-0.15, -0.1) is 0 Å². The zero-order valence-corrected chi connectivity index (χ0v) is 8.54. The van der Waals surface area contributed by atoms with Gasteiger partial charge in [0.05, 0.1) is 5.69 Å². The van der Waals surface area contributed by atoms with E-state index in [0.29, 0.717) is 5.56 Å². The van der Waals surface area contributed by atoms with Crippen LogP contribution in [0.4, 0.5) is 0 Å². The summed E-state index contributed by atoms with van der Waals surface area (Å²) in [4.78, 5) is 31.6. The van der Waals surface area contributed by atoms with E-state index in [-0.39, 0.29) is 16.7 Å². The minimum atomic E-state index is -1.15. The van der Waals surface area contributed by atoms with Gasteiger partial charge >= 0.3 is 11.7 Å². The van der Waals surface area contributed by atoms with Crippen molar-refractivity contribution in [3.05, 3.63) is 46.8 Å². The molecule has 7 heteroatoms. The molecule has 0 fully saturated rings. The molecule has 17 heavy (non-hydrogen) atoms. The molecule has 0 aliphatic heterocycles. The summed E-state index contributed by atoms with van der Waals surface area (Å²) in [5.74, 6) is -1.15. The van der Waals surface area contributed by atoms with Crippen LogP contribution in [0.2, 0.25) is 0 Å². The van der Waals surface area contributed by atoms with Gasteiger partial charge in [0.15, 0.2) is 0 Å². The molecule has 0 bridgehead atoms. The van der Waals surface area contributed by atoms with Crippen LogP contribution in [-0.4, -0.2) is 31.5 Å². The Morgan fingerprint density at radius 3 is 2.71 bits per heavy atom. The minimum Gasteiger partial charge on any atom is -0.478 e. The van der Waals surface area contributed by atoms with E-state index in [0.717, 1.165) is 6.20 Å². The highest BCUT2D eigenvalue weighted by Gasteiger charge is 2.13. The summed E-state index contributed by atoms with van der Waals surface area (Å²) >= 11 is 0. The Labute approximate surface area is 95.1 Å². The molecule has 2 aromatic heterocycles. The van der Waals surface area contributed by atoms with Crippen LogP contribution in [0.5, 0.6) is 0 Å². The molecule has 0 atom stereocenters. The number of nitrogens with one attached hydrogen (secondary N) is 1. The van der Waals surface area contributed by atoms with Gasteiger partial charge in [-0.05, 0) is 12.1 Å². The smallest absolute Gasteiger partial charge is 0.345 e. The standard InChI is InChI=1S/C10H7N3O3.H2O/c14-9(15)7-5-12-10(16)13-8(7)6-2-1-3-11-4-6;/h1-5H,(H,14,15)(H,12,13,16);1H2. The molecule has 2 heterocycles. The minimum absolute atomic E-state index is 0. The highest BCUT2D eigenvalue weighted by molar-refractivity contribution is 5.94. The van der Waals surface area contributed by atoms with E-state index in [9.17, 15) is 9.59 Å². The number of carboxylic acid groups (broad SMARTS) is 1. The molecule has 0 amide bonds. The fourth-order valence-corrected chi connectivity index (χ4v) is 1.29. The third kappa shape index (κ3) is 2.52. The van der Waals surface area contributed by atoms with Crippen molar-refractivity contribution in [2.45, 2.75) is 0 Å². The maximum absolute atomic E-state index is 11.1. The lowest BCUT2D eigenvalue weighted by atomic mass is 10.1. The fraction of sp³-hybridized carbons (Fsp3) is 0. The normalized spacial score (nSPS) is 9.41. The first-order chi connectivity index (χ1) is 7.68. The third-order valence-electron chi connectivity index (χ3n) is 1.99. The molecule has 2 rings (SSSR count). The second kappa shape index (κ2) is 4.99. The molecule has 0 saturated heterocycles. The van der Waals surface area contributed by atoms with Crippen LogP contribution < -0.4 is 5.69 Å². The Hall–Kier alpha value is -2.54. The van der Waals surface area contributed by atoms with E-state index < -0.39 is 11.7 Å². The Morgan fingerprint density at radius 1 is 1.35 bits per heavy atom. The Kier molecular flexibility index (Phi) is 3.68. The molecule has 0 aromatic carbocycles. The second-order valence-corrected chi connectivity index (χ2v) is 3.02. The molecule has 0 spiro atoms. The highest BCUT2D eigenvalue weighted by Crippen LogP contribution is 2.17. The third-order valence-corrected chi connectivity index (χ3v) is 1.99. The number of carboxylic acids is 1. The number of hydrogen-bond donors (Lipinski definition) is 2. The van der Waals surface area contributed by atoms with Crippen LogP contribution in [0.25, 0.3) is 11.3 Å². The number of aromatic amines is 1. The topological polar surface area (TPSA) is 127 Å². The molecule has 7 nitrogen and oxygen atoms in total. The number of carbonyl (C=O) groups is 1. The first kappa shape index (κ1) is 12.5. The number of pyridine rings is 1. The molecular weight excluding hydrogens is 226 g/mol. The van der Waals surface area contributed by atoms with E-state index in [4.69, 9.17) is 5.11 Å². The first-order valence-corrected chi connectivity index (χ1v) is 4.41. The van der Waals surface area contributed by atoms with Crippen molar-refractivity contribution in [1.82, 2.24) is 15.0 Å². The van der Waals surface area contributed by atoms with Gasteiger partial charge in [-0.1, -0.05) is 0 Å². The van der Waals surface area contributed by atoms with E-state index in [2.05, 4.69) is 15.0 Å². The average Bonchev–Trinajstić information content (AvgIpc) is 2.29. The summed E-state index contributed by atoms with van der Waals surface area (Å²) in [6, 6.07) is 3.31. The Morgan fingerprint density at radius 2 is 2.12 bits per heavy atom. The zero-order chi connectivity index (χ0) is 11.5. The summed E-state index contributed by atoms with van der Waals surface area (Å²) in [6.07, 6.45) is 4.06. The van der Waals surface area contributed by atoms with Gasteiger partial charge in [-0.3, -0.25) is 4.98 Å². The fourth-order valence-electron chi connectivity index (χ4n) is 1.29. The van der Waals surface area contributed by atoms with Crippen molar-refractivity contribution >= 4 is 5.97 Å². The lowest BCUT2D eigenvalue weighted by molar-refractivity contribution is 0.0697. The van der Waals surface area contributed by atoms with Crippen LogP contribution in [0.1, 0.15) is 10.4 Å². The van der Waals surface area contributed by atoms with Crippen molar-refractivity contribution in [2.75, 3.05) is 0 Å². The molecule has 4 N–H and O–H groups in total. The summed E-state index contributed by atoms with van der Waals surface area (Å²) in [5.41, 5.74) is 0.0800. The Bertz CT molecular complexity index is 580. The Balaban J connectivity index is 0.00000144. The molecule has 0 radical (unpaired) electrons. The van der Waals surface area contributed by atoms with Crippen LogP contribution >= 0.6 is 0 Å². The number of rotatable bonds is 2. The maximum Gasteiger partial charge on any atom is 0.345 e. The summed E-state index contributed by atoms with van der Waals surface area (Å²) in [7, 11) is 0. The van der Waals surface area contributed by atoms with E-state index >= 15 is 0 Å². The van der Waals surface area contributed by atoms with Crippen molar-refractivity contribution < 1.29 is 15.4 Å². The summed E-state index contributed by atoms with van der Waals surface area (Å²) in [5, 5.41) is 8.94. The van der Waals surface area contributed by atoms with Crippen molar-refractivity contribution in [3.63, 3.8) is 0 Å². The van der Waals surface area contributed by atoms with Crippen molar-refractivity contribution in [1.29, 1.82) is 0 Å². The van der Waals surface area contributed by atoms with Crippen LogP contribution in [0, 0.1) is 0 Å². The van der Waals surface area contributed by atoms with Crippen molar-refractivity contribution in [3.8, 4) is 11.3 Å². The number of H-pyrrole nitrogens is 1. The number of hydrogen-bond acceptors (Lipinski definition) is 4. The molecule has 0 aliphatic carbocycles. The summed E-state index contributed by atoms with van der Waals surface area (Å²) < 4.78 is 0. The number of aromatic carboxylic acids is 1. The zero-order valence-electron chi connectivity index (χ0n) is 8.54.